The molecule has 1 N–H and O–H groups in total. The molecule has 1 heterocycles. The number of halogens is 2. The van der Waals surface area contributed by atoms with Crippen LogP contribution in [0, 0.1) is 0 Å². The summed E-state index contributed by atoms with van der Waals surface area (Å²) < 4.78 is 1.14. The van der Waals surface area contributed by atoms with Crippen LogP contribution in [-0.2, 0) is 13.1 Å². The fraction of sp³-hybridized carbons (Fsp3) is 0.286. The molecule has 5 heteroatoms. The number of benzene rings is 1. The Morgan fingerprint density at radius 1 is 1.37 bits per heavy atom. The van der Waals surface area contributed by atoms with Crippen molar-refractivity contribution in [2.24, 2.45) is 0 Å². The second kappa shape index (κ2) is 6.75. The Bertz CT molecular complexity index is 556. The van der Waals surface area contributed by atoms with E-state index in [-0.39, 0.29) is 0 Å². The zero-order valence-corrected chi connectivity index (χ0v) is 14.1. The summed E-state index contributed by atoms with van der Waals surface area (Å²) in [6.07, 6.45) is 0. The van der Waals surface area contributed by atoms with Gasteiger partial charge in [0.15, 0.2) is 0 Å². The maximum absolute atomic E-state index is 6.12. The molecule has 0 radical (unpaired) electrons. The van der Waals surface area contributed by atoms with E-state index in [0.717, 1.165) is 22.6 Å². The first-order valence-electron chi connectivity index (χ1n) is 5.97. The van der Waals surface area contributed by atoms with Crippen molar-refractivity contribution in [1.29, 1.82) is 0 Å². The summed E-state index contributed by atoms with van der Waals surface area (Å²) in [5, 5.41) is 6.07. The van der Waals surface area contributed by atoms with Crippen molar-refractivity contribution in [2.45, 2.75) is 13.1 Å². The molecule has 0 spiro atoms. The molecule has 0 bridgehead atoms. The van der Waals surface area contributed by atoms with E-state index in [4.69, 9.17) is 11.6 Å². The van der Waals surface area contributed by atoms with Gasteiger partial charge in [0.1, 0.15) is 0 Å². The lowest BCUT2D eigenvalue weighted by molar-refractivity contribution is 0.807. The normalized spacial score (nSPS) is 10.7. The van der Waals surface area contributed by atoms with E-state index in [1.54, 1.807) is 11.3 Å². The molecule has 0 fully saturated rings. The highest BCUT2D eigenvalue weighted by Crippen LogP contribution is 2.27. The predicted molar refractivity (Wildman–Crippen MR) is 88.3 cm³/mol. The zero-order chi connectivity index (χ0) is 13.8. The molecule has 2 rings (SSSR count). The average Bonchev–Trinajstić information content (AvgIpc) is 2.77. The van der Waals surface area contributed by atoms with Gasteiger partial charge in [-0.15, -0.1) is 11.3 Å². The number of anilines is 1. The van der Waals surface area contributed by atoms with Gasteiger partial charge in [-0.2, -0.15) is 0 Å². The topological polar surface area (TPSA) is 15.3 Å². The standard InChI is InChI=1S/C14H16BrClN2S/c1-17-7-10-3-4-12(16)6-14(10)18(2)8-13-5-11(15)9-19-13/h3-6,9,17H,7-8H2,1-2H3. The summed E-state index contributed by atoms with van der Waals surface area (Å²) in [6.45, 7) is 1.72. The molecule has 0 amide bonds. The Morgan fingerprint density at radius 3 is 2.79 bits per heavy atom. The van der Waals surface area contributed by atoms with Crippen molar-refractivity contribution in [1.82, 2.24) is 5.32 Å². The van der Waals surface area contributed by atoms with Crippen LogP contribution in [0.4, 0.5) is 5.69 Å². The van der Waals surface area contributed by atoms with Crippen molar-refractivity contribution in [3.05, 3.63) is 49.6 Å². The highest BCUT2D eigenvalue weighted by molar-refractivity contribution is 9.10. The van der Waals surface area contributed by atoms with E-state index in [0.29, 0.717) is 0 Å². The summed E-state index contributed by atoms with van der Waals surface area (Å²) in [7, 11) is 4.05. The molecule has 0 atom stereocenters. The lowest BCUT2D eigenvalue weighted by Gasteiger charge is -2.22. The predicted octanol–water partition coefficient (Wildman–Crippen LogP) is 4.52. The molecule has 0 aliphatic rings. The van der Waals surface area contributed by atoms with E-state index in [1.807, 2.05) is 19.2 Å². The van der Waals surface area contributed by atoms with Crippen molar-refractivity contribution in [2.75, 3.05) is 19.0 Å². The Balaban J connectivity index is 2.21. The first-order valence-corrected chi connectivity index (χ1v) is 8.02. The molecule has 19 heavy (non-hydrogen) atoms. The van der Waals surface area contributed by atoms with Crippen LogP contribution < -0.4 is 10.2 Å². The van der Waals surface area contributed by atoms with E-state index in [9.17, 15) is 0 Å². The van der Waals surface area contributed by atoms with Gasteiger partial charge in [0.05, 0.1) is 6.54 Å². The van der Waals surface area contributed by atoms with Crippen LogP contribution in [0.2, 0.25) is 5.02 Å². The first-order chi connectivity index (χ1) is 9.10. The third-order valence-corrected chi connectivity index (χ3v) is 4.76. The number of hydrogen-bond acceptors (Lipinski definition) is 3. The van der Waals surface area contributed by atoms with Crippen molar-refractivity contribution in [3.8, 4) is 0 Å². The minimum absolute atomic E-state index is 0.772. The largest absolute Gasteiger partial charge is 0.369 e. The quantitative estimate of drug-likeness (QED) is 0.844. The molecule has 0 aliphatic carbocycles. The Morgan fingerprint density at radius 2 is 2.16 bits per heavy atom. The first kappa shape index (κ1) is 14.9. The van der Waals surface area contributed by atoms with Gasteiger partial charge >= 0.3 is 0 Å². The molecule has 0 unspecified atom stereocenters. The molecule has 1 aromatic carbocycles. The molecule has 2 nitrogen and oxygen atoms in total. The Hall–Kier alpha value is -0.550. The summed E-state index contributed by atoms with van der Waals surface area (Å²) in [6, 6.07) is 8.20. The lowest BCUT2D eigenvalue weighted by atomic mass is 10.1. The van der Waals surface area contributed by atoms with Crippen molar-refractivity contribution >= 4 is 44.6 Å². The minimum atomic E-state index is 0.772. The molecule has 0 aliphatic heterocycles. The van der Waals surface area contributed by atoms with Gasteiger partial charge in [-0.1, -0.05) is 17.7 Å². The molecule has 1 aromatic heterocycles. The van der Waals surface area contributed by atoms with Gasteiger partial charge in [-0.3, -0.25) is 0 Å². The number of nitrogens with one attached hydrogen (secondary N) is 1. The van der Waals surface area contributed by atoms with Crippen molar-refractivity contribution in [3.63, 3.8) is 0 Å². The second-order valence-electron chi connectivity index (χ2n) is 4.39. The maximum Gasteiger partial charge on any atom is 0.0520 e. The maximum atomic E-state index is 6.12. The number of thiophene rings is 1. The summed E-state index contributed by atoms with van der Waals surface area (Å²) in [5.74, 6) is 0. The summed E-state index contributed by atoms with van der Waals surface area (Å²) in [5.41, 5.74) is 2.43. The van der Waals surface area contributed by atoms with Gasteiger partial charge in [0, 0.05) is 39.0 Å². The van der Waals surface area contributed by atoms with Gasteiger partial charge in [0.2, 0.25) is 0 Å². The lowest BCUT2D eigenvalue weighted by Crippen LogP contribution is -2.19. The van der Waals surface area contributed by atoms with E-state index < -0.39 is 0 Å². The highest BCUT2D eigenvalue weighted by Gasteiger charge is 2.09. The van der Waals surface area contributed by atoms with Crippen LogP contribution in [0.1, 0.15) is 10.4 Å². The molecular formula is C14H16BrClN2S. The van der Waals surface area contributed by atoms with Crippen LogP contribution in [0.3, 0.4) is 0 Å². The van der Waals surface area contributed by atoms with Crippen LogP contribution in [0.25, 0.3) is 0 Å². The molecule has 0 saturated carbocycles. The van der Waals surface area contributed by atoms with Crippen LogP contribution >= 0.6 is 38.9 Å². The SMILES string of the molecule is CNCc1ccc(Cl)cc1N(C)Cc1cc(Br)cs1. The van der Waals surface area contributed by atoms with Crippen LogP contribution in [0.5, 0.6) is 0 Å². The Labute approximate surface area is 131 Å². The van der Waals surface area contributed by atoms with Gasteiger partial charge in [-0.05, 0) is 46.7 Å². The molecule has 2 aromatic rings. The zero-order valence-electron chi connectivity index (χ0n) is 10.9. The van der Waals surface area contributed by atoms with Crippen LogP contribution in [-0.4, -0.2) is 14.1 Å². The van der Waals surface area contributed by atoms with Gasteiger partial charge < -0.3 is 10.2 Å². The second-order valence-corrected chi connectivity index (χ2v) is 6.74. The number of hydrogen-bond donors (Lipinski definition) is 1. The fourth-order valence-corrected chi connectivity index (χ4v) is 3.66. The van der Waals surface area contributed by atoms with E-state index in [1.165, 1.54) is 16.1 Å². The fourth-order valence-electron chi connectivity index (χ4n) is 1.99. The molecule has 102 valence electrons. The third kappa shape index (κ3) is 3.96. The average molecular weight is 360 g/mol. The minimum Gasteiger partial charge on any atom is -0.369 e. The summed E-state index contributed by atoms with van der Waals surface area (Å²) >= 11 is 11.4. The van der Waals surface area contributed by atoms with Crippen molar-refractivity contribution < 1.29 is 0 Å². The molecule has 0 saturated heterocycles. The third-order valence-electron chi connectivity index (χ3n) is 2.84. The van der Waals surface area contributed by atoms with Crippen LogP contribution in [0.15, 0.2) is 34.1 Å². The van der Waals surface area contributed by atoms with Gasteiger partial charge in [0.25, 0.3) is 0 Å². The molecular weight excluding hydrogens is 344 g/mol. The Kier molecular flexibility index (Phi) is 5.28. The number of rotatable bonds is 5. The smallest absolute Gasteiger partial charge is 0.0520 e. The van der Waals surface area contributed by atoms with E-state index in [2.05, 4.69) is 50.7 Å². The van der Waals surface area contributed by atoms with Gasteiger partial charge in [-0.25, -0.2) is 0 Å². The monoisotopic (exact) mass is 358 g/mol. The highest BCUT2D eigenvalue weighted by atomic mass is 79.9. The summed E-state index contributed by atoms with van der Waals surface area (Å²) in [4.78, 5) is 3.56. The van der Waals surface area contributed by atoms with E-state index >= 15 is 0 Å². The number of nitrogens with zero attached hydrogens (tertiary/aromatic N) is 1.